The Morgan fingerprint density at radius 1 is 0.515 bits per heavy atom. The number of hydrogen-bond acceptors (Lipinski definition) is 15. The van der Waals surface area contributed by atoms with Gasteiger partial charge in [0.15, 0.2) is 0 Å². The van der Waals surface area contributed by atoms with E-state index in [1.54, 1.807) is 34.6 Å². The lowest BCUT2D eigenvalue weighted by molar-refractivity contribution is -0.142. The zero-order valence-electron chi connectivity index (χ0n) is 40.4. The highest BCUT2D eigenvalue weighted by molar-refractivity contribution is 5.90. The Kier molecular flexibility index (Phi) is 39.7. The standard InChI is InChI=1S/C44H82N6O16/c1-35(2)40(41(54)49-36(3)42(55)56)50-39(53)13-8-7-10-16-46-38(52)14-18-58-20-22-60-24-26-62-28-30-64-32-33-65-31-29-63-27-25-61-23-21-59-19-17-47-37(51)12-9-11-15-45-34-48-43(57)66-44(4,5)6/h34-36,40H,7-33H2,1-6H3,(H,46,52)(H,47,51)(H,49,54)(H,50,53)(H,55,56)(H,45,48,57)/t36-,40-/m0/s1. The van der Waals surface area contributed by atoms with Gasteiger partial charge in [-0.1, -0.05) is 20.3 Å². The Labute approximate surface area is 391 Å². The number of amides is 5. The van der Waals surface area contributed by atoms with Crippen LogP contribution in [0, 0.1) is 5.92 Å². The number of unbranched alkanes of at least 4 members (excludes halogenated alkanes) is 3. The summed E-state index contributed by atoms with van der Waals surface area (Å²) in [5.74, 6) is -2.34. The van der Waals surface area contributed by atoms with Gasteiger partial charge in [0.2, 0.25) is 23.6 Å². The molecular formula is C44H82N6O16. The molecular weight excluding hydrogens is 869 g/mol. The van der Waals surface area contributed by atoms with Gasteiger partial charge in [0, 0.05) is 38.9 Å². The topological polar surface area (TPSA) is 278 Å². The molecule has 5 amide bonds. The quantitative estimate of drug-likeness (QED) is 0.0288. The fourth-order valence-electron chi connectivity index (χ4n) is 5.17. The van der Waals surface area contributed by atoms with Gasteiger partial charge in [-0.25, -0.2) is 4.79 Å². The van der Waals surface area contributed by atoms with Gasteiger partial charge in [0.05, 0.1) is 112 Å². The molecule has 0 aromatic carbocycles. The number of aliphatic carboxylic acids is 1. The summed E-state index contributed by atoms with van der Waals surface area (Å²) in [6.45, 7) is 18.3. The van der Waals surface area contributed by atoms with E-state index in [0.717, 1.165) is 6.42 Å². The number of nitrogens with one attached hydrogen (secondary N) is 5. The van der Waals surface area contributed by atoms with E-state index < -0.39 is 35.7 Å². The van der Waals surface area contributed by atoms with Crippen LogP contribution in [0.2, 0.25) is 0 Å². The highest BCUT2D eigenvalue weighted by Gasteiger charge is 2.26. The van der Waals surface area contributed by atoms with Crippen LogP contribution in [0.5, 0.6) is 0 Å². The number of carboxylic acid groups (broad SMARTS) is 1. The second-order valence-corrected chi connectivity index (χ2v) is 16.2. The predicted molar refractivity (Wildman–Crippen MR) is 244 cm³/mol. The number of aliphatic imine (C=N–C) groups is 1. The molecule has 2 atom stereocenters. The van der Waals surface area contributed by atoms with Gasteiger partial charge < -0.3 is 74.3 Å². The molecule has 22 heteroatoms. The van der Waals surface area contributed by atoms with Crippen LogP contribution in [-0.2, 0) is 66.6 Å². The summed E-state index contributed by atoms with van der Waals surface area (Å²) in [6, 6.07) is -1.87. The van der Waals surface area contributed by atoms with E-state index >= 15 is 0 Å². The highest BCUT2D eigenvalue weighted by atomic mass is 16.6. The first-order chi connectivity index (χ1) is 31.6. The lowest BCUT2D eigenvalue weighted by Gasteiger charge is -2.23. The Morgan fingerprint density at radius 2 is 0.939 bits per heavy atom. The van der Waals surface area contributed by atoms with Gasteiger partial charge in [-0.2, -0.15) is 4.99 Å². The number of carbonyl (C=O) groups is 6. The average molecular weight is 951 g/mol. The maximum absolute atomic E-state index is 12.4. The maximum atomic E-state index is 12.4. The van der Waals surface area contributed by atoms with Crippen molar-refractivity contribution < 1.29 is 76.5 Å². The number of ether oxygens (including phenoxy) is 9. The van der Waals surface area contributed by atoms with Crippen molar-refractivity contribution in [2.24, 2.45) is 10.9 Å². The van der Waals surface area contributed by atoms with Crippen molar-refractivity contribution in [3.05, 3.63) is 0 Å². The number of rotatable bonds is 44. The lowest BCUT2D eigenvalue weighted by atomic mass is 10.0. The molecule has 6 N–H and O–H groups in total. The highest BCUT2D eigenvalue weighted by Crippen LogP contribution is 2.08. The van der Waals surface area contributed by atoms with E-state index in [2.05, 4.69) is 31.6 Å². The molecule has 22 nitrogen and oxygen atoms in total. The summed E-state index contributed by atoms with van der Waals surface area (Å²) < 4.78 is 48.9. The zero-order valence-corrected chi connectivity index (χ0v) is 40.4. The third-order valence-electron chi connectivity index (χ3n) is 8.67. The van der Waals surface area contributed by atoms with E-state index in [4.69, 9.17) is 47.7 Å². The fraction of sp³-hybridized carbons (Fsp3) is 0.841. The zero-order chi connectivity index (χ0) is 49.1. The number of hydrogen-bond donors (Lipinski definition) is 6. The van der Waals surface area contributed by atoms with E-state index in [9.17, 15) is 28.8 Å². The molecule has 0 fully saturated rings. The van der Waals surface area contributed by atoms with E-state index in [0.29, 0.717) is 151 Å². The van der Waals surface area contributed by atoms with Crippen LogP contribution >= 0.6 is 0 Å². The normalized spacial score (nSPS) is 12.5. The van der Waals surface area contributed by atoms with Crippen LogP contribution in [-0.4, -0.2) is 190 Å². The molecule has 384 valence electrons. The van der Waals surface area contributed by atoms with Crippen LogP contribution in [0.1, 0.15) is 92.9 Å². The van der Waals surface area contributed by atoms with E-state index in [1.807, 2.05) is 0 Å². The molecule has 0 heterocycles. The maximum Gasteiger partial charge on any atom is 0.435 e. The smallest absolute Gasteiger partial charge is 0.435 e. The van der Waals surface area contributed by atoms with Crippen molar-refractivity contribution in [1.29, 1.82) is 0 Å². The molecule has 0 aromatic heterocycles. The van der Waals surface area contributed by atoms with Crippen molar-refractivity contribution >= 4 is 42.0 Å². The first-order valence-corrected chi connectivity index (χ1v) is 23.1. The number of carboxylic acids is 1. The minimum absolute atomic E-state index is 0.0400. The SMILES string of the molecule is CC(C)[C@H](NC(=O)CCCCCNC(=O)CCOCCOCCOCCOCCOCCOCCOCCOCCNC(=O)CCCCNC=NC(=O)OC(C)(C)C)C(=O)N[C@@H](C)C(=O)O. The summed E-state index contributed by atoms with van der Waals surface area (Å²) in [5.41, 5.74) is -0.583. The molecule has 0 bridgehead atoms. The van der Waals surface area contributed by atoms with Crippen molar-refractivity contribution in [1.82, 2.24) is 26.6 Å². The van der Waals surface area contributed by atoms with Crippen molar-refractivity contribution in [2.75, 3.05) is 125 Å². The lowest BCUT2D eigenvalue weighted by Crippen LogP contribution is -2.53. The minimum atomic E-state index is -1.15. The van der Waals surface area contributed by atoms with Crippen molar-refractivity contribution in [2.45, 2.75) is 111 Å². The molecule has 0 aliphatic heterocycles. The van der Waals surface area contributed by atoms with Gasteiger partial charge in [0.1, 0.15) is 17.7 Å². The summed E-state index contributed by atoms with van der Waals surface area (Å²) in [7, 11) is 0. The Balaban J connectivity index is 3.40. The Bertz CT molecular complexity index is 1320. The van der Waals surface area contributed by atoms with Gasteiger partial charge in [-0.05, 0) is 59.3 Å². The Morgan fingerprint density at radius 3 is 1.42 bits per heavy atom. The van der Waals surface area contributed by atoms with E-state index in [1.165, 1.54) is 13.3 Å². The summed E-state index contributed by atoms with van der Waals surface area (Å²) in [4.78, 5) is 74.7. The number of nitrogens with zero attached hydrogens (tertiary/aromatic N) is 1. The minimum Gasteiger partial charge on any atom is -0.480 e. The first kappa shape index (κ1) is 62.0. The third-order valence-corrected chi connectivity index (χ3v) is 8.67. The predicted octanol–water partition coefficient (Wildman–Crippen LogP) is 1.76. The second kappa shape index (κ2) is 42.3. The monoisotopic (exact) mass is 951 g/mol. The van der Waals surface area contributed by atoms with Crippen LogP contribution in [0.4, 0.5) is 4.79 Å². The van der Waals surface area contributed by atoms with Gasteiger partial charge in [-0.3, -0.25) is 24.0 Å². The molecule has 0 aromatic rings. The van der Waals surface area contributed by atoms with Crippen LogP contribution in [0.25, 0.3) is 0 Å². The fourth-order valence-corrected chi connectivity index (χ4v) is 5.17. The van der Waals surface area contributed by atoms with Crippen LogP contribution in [0.15, 0.2) is 4.99 Å². The summed E-state index contributed by atoms with van der Waals surface area (Å²) in [5, 5.41) is 22.6. The molecule has 0 rings (SSSR count). The second-order valence-electron chi connectivity index (χ2n) is 16.2. The van der Waals surface area contributed by atoms with Crippen LogP contribution in [0.3, 0.4) is 0 Å². The average Bonchev–Trinajstić information content (AvgIpc) is 3.25. The van der Waals surface area contributed by atoms with Crippen LogP contribution < -0.4 is 26.6 Å². The van der Waals surface area contributed by atoms with Gasteiger partial charge in [0.25, 0.3) is 0 Å². The van der Waals surface area contributed by atoms with Gasteiger partial charge >= 0.3 is 12.1 Å². The molecule has 0 radical (unpaired) electrons. The first-order valence-electron chi connectivity index (χ1n) is 23.1. The number of carbonyl (C=O) groups excluding carboxylic acids is 5. The van der Waals surface area contributed by atoms with Crippen molar-refractivity contribution in [3.8, 4) is 0 Å². The summed E-state index contributed by atoms with van der Waals surface area (Å²) >= 11 is 0. The largest absolute Gasteiger partial charge is 0.480 e. The van der Waals surface area contributed by atoms with E-state index in [-0.39, 0.29) is 43.1 Å². The van der Waals surface area contributed by atoms with Crippen molar-refractivity contribution in [3.63, 3.8) is 0 Å². The van der Waals surface area contributed by atoms with Gasteiger partial charge in [-0.15, -0.1) is 0 Å². The molecule has 0 aliphatic carbocycles. The molecule has 0 aliphatic rings. The molecule has 0 saturated heterocycles. The Hall–Kier alpha value is -4.03. The molecule has 0 unspecified atom stereocenters. The molecule has 66 heavy (non-hydrogen) atoms. The molecule has 0 saturated carbocycles. The molecule has 0 spiro atoms. The summed E-state index contributed by atoms with van der Waals surface area (Å²) in [6.07, 6.45) is 4.98. The third kappa shape index (κ3) is 42.6.